The predicted octanol–water partition coefficient (Wildman–Crippen LogP) is -0.585. The molecule has 0 saturated carbocycles. The van der Waals surface area contributed by atoms with Gasteiger partial charge in [0.05, 0.1) is 19.8 Å². The van der Waals surface area contributed by atoms with E-state index in [2.05, 4.69) is 0 Å². The average molecular weight is 352 g/mol. The van der Waals surface area contributed by atoms with Crippen LogP contribution in [0.4, 0.5) is 0 Å². The molecule has 1 fully saturated rings. The van der Waals surface area contributed by atoms with Gasteiger partial charge in [0, 0.05) is 14.2 Å². The third kappa shape index (κ3) is 2.99. The van der Waals surface area contributed by atoms with Crippen LogP contribution in [0.25, 0.3) is 0 Å². The molecule has 6 atom stereocenters. The van der Waals surface area contributed by atoms with Crippen molar-refractivity contribution in [2.45, 2.75) is 68.9 Å². The minimum absolute atomic E-state index is 0.0106. The van der Waals surface area contributed by atoms with E-state index < -0.39 is 40.9 Å². The standard InChI is InChI=1S/C16H32O8/c1-12(10-17)13(2,18)14(3,19)15(4,20)16(5,24-12)23-9-11(22-7)8-21-6/h11,17-20H,8-10H2,1-7H3/t11-,12-,13?,14+,15-,16?/m1/s1. The highest BCUT2D eigenvalue weighted by Crippen LogP contribution is 2.53. The molecular weight excluding hydrogens is 320 g/mol. The van der Waals surface area contributed by atoms with E-state index >= 15 is 0 Å². The molecule has 1 aliphatic heterocycles. The fourth-order valence-electron chi connectivity index (χ4n) is 3.04. The lowest BCUT2D eigenvalue weighted by Gasteiger charge is -2.65. The summed E-state index contributed by atoms with van der Waals surface area (Å²) in [5.41, 5.74) is -7.57. The Morgan fingerprint density at radius 3 is 1.83 bits per heavy atom. The summed E-state index contributed by atoms with van der Waals surface area (Å²) in [7, 11) is 3.01. The van der Waals surface area contributed by atoms with Crippen LogP contribution < -0.4 is 0 Å². The van der Waals surface area contributed by atoms with Crippen LogP contribution in [0, 0.1) is 0 Å². The van der Waals surface area contributed by atoms with Crippen LogP contribution in [0.5, 0.6) is 0 Å². The second-order valence-corrected chi connectivity index (χ2v) is 7.28. The Balaban J connectivity index is 3.21. The molecule has 0 aromatic heterocycles. The van der Waals surface area contributed by atoms with Gasteiger partial charge in [0.25, 0.3) is 0 Å². The normalized spacial score (nSPS) is 47.6. The molecule has 1 heterocycles. The summed E-state index contributed by atoms with van der Waals surface area (Å²) in [4.78, 5) is 0. The van der Waals surface area contributed by atoms with Gasteiger partial charge in [-0.1, -0.05) is 0 Å². The monoisotopic (exact) mass is 352 g/mol. The van der Waals surface area contributed by atoms with Gasteiger partial charge in [-0.25, -0.2) is 0 Å². The molecular formula is C16H32O8. The van der Waals surface area contributed by atoms with E-state index in [0.717, 1.165) is 0 Å². The first-order chi connectivity index (χ1) is 10.8. The van der Waals surface area contributed by atoms with Crippen molar-refractivity contribution >= 4 is 0 Å². The number of ether oxygens (including phenoxy) is 4. The molecule has 24 heavy (non-hydrogen) atoms. The number of hydrogen-bond donors (Lipinski definition) is 4. The maximum atomic E-state index is 11.0. The Kier molecular flexibility index (Phi) is 6.13. The minimum atomic E-state index is -2.05. The molecule has 1 rings (SSSR count). The molecule has 1 aliphatic rings. The lowest BCUT2D eigenvalue weighted by Crippen LogP contribution is -2.84. The average Bonchev–Trinajstić information content (AvgIpc) is 2.49. The zero-order valence-corrected chi connectivity index (χ0v) is 15.6. The topological polar surface area (TPSA) is 118 Å². The first-order valence-corrected chi connectivity index (χ1v) is 7.90. The van der Waals surface area contributed by atoms with E-state index in [9.17, 15) is 20.4 Å². The first-order valence-electron chi connectivity index (χ1n) is 7.90. The molecule has 2 unspecified atom stereocenters. The number of aliphatic hydroxyl groups is 4. The maximum absolute atomic E-state index is 11.0. The van der Waals surface area contributed by atoms with Crippen LogP contribution >= 0.6 is 0 Å². The van der Waals surface area contributed by atoms with Gasteiger partial charge in [-0.2, -0.15) is 0 Å². The molecule has 1 saturated heterocycles. The first kappa shape index (κ1) is 21.7. The van der Waals surface area contributed by atoms with Gasteiger partial charge < -0.3 is 39.4 Å². The SMILES string of the molecule is COC[C@H](COC1(C)O[C@](C)(CO)C(C)(O)[C@](C)(O)[C@@]1(C)O)OC. The summed E-state index contributed by atoms with van der Waals surface area (Å²) in [5.74, 6) is -1.72. The molecule has 4 N–H and O–H groups in total. The Morgan fingerprint density at radius 1 is 0.875 bits per heavy atom. The zero-order chi connectivity index (χ0) is 19.0. The third-order valence-electron chi connectivity index (χ3n) is 5.76. The van der Waals surface area contributed by atoms with E-state index in [-0.39, 0.29) is 13.2 Å². The molecule has 0 aromatic rings. The van der Waals surface area contributed by atoms with Crippen LogP contribution in [-0.4, -0.2) is 88.8 Å². The molecule has 0 amide bonds. The van der Waals surface area contributed by atoms with Gasteiger partial charge in [0.1, 0.15) is 28.5 Å². The summed E-state index contributed by atoms with van der Waals surface area (Å²) in [6.45, 7) is 6.49. The van der Waals surface area contributed by atoms with E-state index in [4.69, 9.17) is 18.9 Å². The van der Waals surface area contributed by atoms with Crippen LogP contribution in [0.1, 0.15) is 34.6 Å². The molecule has 0 spiro atoms. The van der Waals surface area contributed by atoms with Gasteiger partial charge in [0.15, 0.2) is 5.79 Å². The Labute approximate surface area is 143 Å². The highest BCUT2D eigenvalue weighted by molar-refractivity contribution is 5.21. The maximum Gasteiger partial charge on any atom is 0.198 e. The van der Waals surface area contributed by atoms with Crippen molar-refractivity contribution in [3.05, 3.63) is 0 Å². The van der Waals surface area contributed by atoms with Crippen LogP contribution in [0.15, 0.2) is 0 Å². The lowest BCUT2D eigenvalue weighted by molar-refractivity contribution is -0.459. The van der Waals surface area contributed by atoms with E-state index in [1.165, 1.54) is 48.8 Å². The summed E-state index contributed by atoms with van der Waals surface area (Å²) in [6, 6.07) is 0. The van der Waals surface area contributed by atoms with Crippen LogP contribution in [0.2, 0.25) is 0 Å². The molecule has 0 radical (unpaired) electrons. The molecule has 0 bridgehead atoms. The van der Waals surface area contributed by atoms with Gasteiger partial charge >= 0.3 is 0 Å². The van der Waals surface area contributed by atoms with E-state index in [0.29, 0.717) is 0 Å². The second kappa shape index (κ2) is 6.77. The zero-order valence-electron chi connectivity index (χ0n) is 15.6. The molecule has 8 heteroatoms. The fraction of sp³-hybridized carbons (Fsp3) is 1.00. The molecule has 0 aliphatic carbocycles. The Morgan fingerprint density at radius 2 is 1.42 bits per heavy atom. The lowest BCUT2D eigenvalue weighted by atomic mass is 9.61. The largest absolute Gasteiger partial charge is 0.393 e. The fourth-order valence-corrected chi connectivity index (χ4v) is 3.04. The van der Waals surface area contributed by atoms with Gasteiger partial charge in [-0.3, -0.25) is 0 Å². The number of aliphatic hydroxyl groups excluding tert-OH is 1. The van der Waals surface area contributed by atoms with Crippen molar-refractivity contribution in [2.75, 3.05) is 34.0 Å². The van der Waals surface area contributed by atoms with E-state index in [1.807, 2.05) is 0 Å². The highest BCUT2D eigenvalue weighted by Gasteiger charge is 2.74. The summed E-state index contributed by atoms with van der Waals surface area (Å²) in [6.07, 6.45) is -0.418. The van der Waals surface area contributed by atoms with Crippen molar-refractivity contribution in [1.82, 2.24) is 0 Å². The van der Waals surface area contributed by atoms with Crippen molar-refractivity contribution in [3.63, 3.8) is 0 Å². The Hall–Kier alpha value is -0.320. The molecule has 8 nitrogen and oxygen atoms in total. The number of methoxy groups -OCH3 is 2. The van der Waals surface area contributed by atoms with E-state index in [1.54, 1.807) is 0 Å². The van der Waals surface area contributed by atoms with Crippen molar-refractivity contribution < 1.29 is 39.4 Å². The van der Waals surface area contributed by atoms with Crippen molar-refractivity contribution in [2.24, 2.45) is 0 Å². The minimum Gasteiger partial charge on any atom is -0.393 e. The van der Waals surface area contributed by atoms with Crippen molar-refractivity contribution in [3.8, 4) is 0 Å². The highest BCUT2D eigenvalue weighted by atomic mass is 16.7. The smallest absolute Gasteiger partial charge is 0.198 e. The predicted molar refractivity (Wildman–Crippen MR) is 85.5 cm³/mol. The Bertz CT molecular complexity index is 436. The van der Waals surface area contributed by atoms with Gasteiger partial charge in [-0.05, 0) is 34.6 Å². The summed E-state index contributed by atoms with van der Waals surface area (Å²) >= 11 is 0. The summed E-state index contributed by atoms with van der Waals surface area (Å²) in [5, 5.41) is 42.5. The molecule has 144 valence electrons. The van der Waals surface area contributed by atoms with Crippen molar-refractivity contribution in [1.29, 1.82) is 0 Å². The van der Waals surface area contributed by atoms with Crippen LogP contribution in [0.3, 0.4) is 0 Å². The van der Waals surface area contributed by atoms with Gasteiger partial charge in [0.2, 0.25) is 0 Å². The summed E-state index contributed by atoms with van der Waals surface area (Å²) < 4.78 is 21.8. The quantitative estimate of drug-likeness (QED) is 0.480. The molecule has 0 aromatic carbocycles. The number of rotatable bonds is 7. The van der Waals surface area contributed by atoms with Crippen LogP contribution in [-0.2, 0) is 18.9 Å². The van der Waals surface area contributed by atoms with Gasteiger partial charge in [-0.15, -0.1) is 0 Å². The number of hydrogen-bond acceptors (Lipinski definition) is 8. The third-order valence-corrected chi connectivity index (χ3v) is 5.76. The second-order valence-electron chi connectivity index (χ2n) is 7.28.